The van der Waals surface area contributed by atoms with E-state index in [1.807, 2.05) is 18.2 Å². The van der Waals surface area contributed by atoms with Crippen molar-refractivity contribution in [3.8, 4) is 6.07 Å². The Morgan fingerprint density at radius 3 is 2.63 bits per heavy atom. The van der Waals surface area contributed by atoms with Gasteiger partial charge in [-0.1, -0.05) is 18.6 Å². The first-order valence-electron chi connectivity index (χ1n) is 10.8. The summed E-state index contributed by atoms with van der Waals surface area (Å²) in [4.78, 5) is 15.4. The van der Waals surface area contributed by atoms with Crippen molar-refractivity contribution in [2.75, 3.05) is 11.9 Å². The highest BCUT2D eigenvalue weighted by atomic mass is 16.1. The lowest BCUT2D eigenvalue weighted by Gasteiger charge is -2.31. The van der Waals surface area contributed by atoms with Gasteiger partial charge in [-0.2, -0.15) is 10.4 Å². The van der Waals surface area contributed by atoms with Gasteiger partial charge in [0.25, 0.3) is 5.56 Å². The Hall–Kier alpha value is -3.11. The molecule has 7 nitrogen and oxygen atoms in total. The molecule has 0 amide bonds. The van der Waals surface area contributed by atoms with Crippen molar-refractivity contribution in [2.45, 2.75) is 56.5 Å². The molecule has 7 heteroatoms. The van der Waals surface area contributed by atoms with Gasteiger partial charge >= 0.3 is 0 Å². The van der Waals surface area contributed by atoms with E-state index < -0.39 is 5.54 Å². The minimum Gasteiger partial charge on any atom is -0.338 e. The number of aromatic nitrogens is 3. The fourth-order valence-corrected chi connectivity index (χ4v) is 4.90. The molecule has 154 valence electrons. The number of nitrogens with zero attached hydrogens (tertiary/aromatic N) is 3. The van der Waals surface area contributed by atoms with Crippen molar-refractivity contribution >= 4 is 22.4 Å². The van der Waals surface area contributed by atoms with E-state index in [9.17, 15) is 10.1 Å². The molecule has 2 aromatic heterocycles. The lowest BCUT2D eigenvalue weighted by molar-refractivity contribution is 0.252. The van der Waals surface area contributed by atoms with E-state index >= 15 is 0 Å². The molecule has 1 saturated carbocycles. The number of hydrogen-bond donors (Lipinski definition) is 3. The van der Waals surface area contributed by atoms with Gasteiger partial charge in [0.05, 0.1) is 11.6 Å². The molecule has 3 N–H and O–H groups in total. The number of nitriles is 1. The second-order valence-corrected chi connectivity index (χ2v) is 8.43. The van der Waals surface area contributed by atoms with Crippen molar-refractivity contribution in [2.24, 2.45) is 0 Å². The van der Waals surface area contributed by atoms with Crippen LogP contribution in [0.15, 0.2) is 41.3 Å². The van der Waals surface area contributed by atoms with Crippen LogP contribution in [0, 0.1) is 11.3 Å². The quantitative estimate of drug-likeness (QED) is 0.611. The van der Waals surface area contributed by atoms with Crippen LogP contribution in [0.2, 0.25) is 0 Å². The van der Waals surface area contributed by atoms with Crippen molar-refractivity contribution in [3.05, 3.63) is 52.4 Å². The molecular weight excluding hydrogens is 376 g/mol. The predicted octanol–water partition coefficient (Wildman–Crippen LogP) is 4.08. The van der Waals surface area contributed by atoms with E-state index in [-0.39, 0.29) is 5.56 Å². The summed E-state index contributed by atoms with van der Waals surface area (Å²) in [6.45, 7) is 1.07. The topological polar surface area (TPSA) is 98.5 Å². The predicted molar refractivity (Wildman–Crippen MR) is 117 cm³/mol. The van der Waals surface area contributed by atoms with E-state index in [4.69, 9.17) is 5.10 Å². The Bertz CT molecular complexity index is 1140. The average molecular weight is 403 g/mol. The van der Waals surface area contributed by atoms with Crippen LogP contribution in [0.25, 0.3) is 10.9 Å². The monoisotopic (exact) mass is 402 g/mol. The maximum absolute atomic E-state index is 12.7. The molecule has 2 aliphatic rings. The first-order chi connectivity index (χ1) is 14.7. The summed E-state index contributed by atoms with van der Waals surface area (Å²) in [7, 11) is 0. The van der Waals surface area contributed by atoms with Crippen LogP contribution in [-0.2, 0) is 5.54 Å². The lowest BCUT2D eigenvalue weighted by Crippen LogP contribution is -2.35. The van der Waals surface area contributed by atoms with Crippen molar-refractivity contribution < 1.29 is 0 Å². The number of benzene rings is 1. The van der Waals surface area contributed by atoms with Crippen LogP contribution < -0.4 is 16.2 Å². The molecule has 1 aromatic carbocycles. The van der Waals surface area contributed by atoms with Gasteiger partial charge in [0, 0.05) is 17.9 Å². The minimum absolute atomic E-state index is 0.197. The summed E-state index contributed by atoms with van der Waals surface area (Å²) in [6.07, 6.45) is 8.64. The second-order valence-electron chi connectivity index (χ2n) is 8.43. The molecule has 1 saturated heterocycles. The summed E-state index contributed by atoms with van der Waals surface area (Å²) >= 11 is 0. The number of H-pyrrole nitrogens is 1. The summed E-state index contributed by atoms with van der Waals surface area (Å²) in [6, 6.07) is 13.1. The maximum Gasteiger partial charge on any atom is 0.261 e. The summed E-state index contributed by atoms with van der Waals surface area (Å²) < 4.78 is 1.79. The SMILES string of the molecule is N#CC1(n2nc(Nc3ccc(C4CCCN4)cc3)c3c(=O)[nH]ccc32)CCCCC1. The number of anilines is 2. The Labute approximate surface area is 175 Å². The number of fused-ring (bicyclic) bond motifs is 1. The number of aromatic amines is 1. The molecule has 1 aliphatic heterocycles. The van der Waals surface area contributed by atoms with Crippen LogP contribution in [0.3, 0.4) is 0 Å². The normalized spacial score (nSPS) is 20.8. The molecule has 3 aromatic rings. The zero-order valence-electron chi connectivity index (χ0n) is 16.9. The van der Waals surface area contributed by atoms with Crippen molar-refractivity contribution in [1.82, 2.24) is 20.1 Å². The zero-order valence-corrected chi connectivity index (χ0v) is 16.9. The molecule has 1 unspecified atom stereocenters. The summed E-state index contributed by atoms with van der Waals surface area (Å²) in [5.74, 6) is 0.499. The molecule has 3 heterocycles. The summed E-state index contributed by atoms with van der Waals surface area (Å²) in [5.41, 5.74) is 1.97. The van der Waals surface area contributed by atoms with Crippen molar-refractivity contribution in [3.63, 3.8) is 0 Å². The number of rotatable bonds is 4. The molecule has 0 spiro atoms. The van der Waals surface area contributed by atoms with Crippen molar-refractivity contribution in [1.29, 1.82) is 5.26 Å². The largest absolute Gasteiger partial charge is 0.338 e. The summed E-state index contributed by atoms with van der Waals surface area (Å²) in [5, 5.41) is 22.1. The lowest BCUT2D eigenvalue weighted by atomic mass is 9.83. The molecular formula is C23H26N6O. The van der Waals surface area contributed by atoms with Crippen LogP contribution in [0.1, 0.15) is 56.6 Å². The maximum atomic E-state index is 12.7. The zero-order chi connectivity index (χ0) is 20.6. The third kappa shape index (κ3) is 3.17. The fourth-order valence-electron chi connectivity index (χ4n) is 4.90. The first-order valence-corrected chi connectivity index (χ1v) is 10.8. The highest BCUT2D eigenvalue weighted by molar-refractivity contribution is 5.91. The van der Waals surface area contributed by atoms with Crippen LogP contribution in [0.5, 0.6) is 0 Å². The molecule has 1 atom stereocenters. The van der Waals surface area contributed by atoms with Gasteiger partial charge < -0.3 is 15.6 Å². The van der Waals surface area contributed by atoms with Gasteiger partial charge in [0.15, 0.2) is 5.82 Å². The van der Waals surface area contributed by atoms with Gasteiger partial charge in [-0.3, -0.25) is 4.79 Å². The molecule has 1 aliphatic carbocycles. The van der Waals surface area contributed by atoms with E-state index in [0.29, 0.717) is 22.8 Å². The van der Waals surface area contributed by atoms with Crippen LogP contribution in [0.4, 0.5) is 11.5 Å². The molecule has 0 bridgehead atoms. The first kappa shape index (κ1) is 18.9. The van der Waals surface area contributed by atoms with E-state index in [0.717, 1.165) is 50.8 Å². The minimum atomic E-state index is -0.692. The highest BCUT2D eigenvalue weighted by Crippen LogP contribution is 2.37. The van der Waals surface area contributed by atoms with E-state index in [1.54, 1.807) is 10.9 Å². The molecule has 30 heavy (non-hydrogen) atoms. The standard InChI is InChI=1S/C23H26N6O/c24-15-23(11-2-1-3-12-23)29-19-10-14-26-22(30)20(19)21(28-29)27-17-8-6-16(7-9-17)18-5-4-13-25-18/h6-10,14,18,25H,1-5,11-13H2,(H,26,30)(H,27,28). The molecule has 2 fully saturated rings. The Morgan fingerprint density at radius 2 is 1.93 bits per heavy atom. The molecule has 0 radical (unpaired) electrons. The second kappa shape index (κ2) is 7.62. The fraction of sp³-hybridized carbons (Fsp3) is 0.435. The van der Waals surface area contributed by atoms with Crippen LogP contribution in [-0.4, -0.2) is 21.3 Å². The van der Waals surface area contributed by atoms with Gasteiger partial charge in [0.1, 0.15) is 10.9 Å². The van der Waals surface area contributed by atoms with Gasteiger partial charge in [0.2, 0.25) is 0 Å². The Morgan fingerprint density at radius 1 is 1.13 bits per heavy atom. The van der Waals surface area contributed by atoms with E-state index in [1.165, 1.54) is 12.0 Å². The average Bonchev–Trinajstić information content (AvgIpc) is 3.44. The highest BCUT2D eigenvalue weighted by Gasteiger charge is 2.37. The van der Waals surface area contributed by atoms with Gasteiger partial charge in [-0.25, -0.2) is 4.68 Å². The Kier molecular flexibility index (Phi) is 4.80. The number of hydrogen-bond acceptors (Lipinski definition) is 5. The van der Waals surface area contributed by atoms with Gasteiger partial charge in [-0.05, 0) is 68.8 Å². The third-order valence-corrected chi connectivity index (χ3v) is 6.53. The third-order valence-electron chi connectivity index (χ3n) is 6.53. The van der Waals surface area contributed by atoms with Crippen LogP contribution >= 0.6 is 0 Å². The molecule has 5 rings (SSSR count). The van der Waals surface area contributed by atoms with Gasteiger partial charge in [-0.15, -0.1) is 0 Å². The van der Waals surface area contributed by atoms with E-state index in [2.05, 4.69) is 33.8 Å². The Balaban J connectivity index is 1.53. The smallest absolute Gasteiger partial charge is 0.261 e. The number of pyridine rings is 1. The number of nitrogens with one attached hydrogen (secondary N) is 3.